The Morgan fingerprint density at radius 2 is 2.42 bits per heavy atom. The molecule has 0 aromatic heterocycles. The molecule has 0 spiro atoms. The van der Waals surface area contributed by atoms with E-state index in [0.717, 1.165) is 6.42 Å². The van der Waals surface area contributed by atoms with Crippen molar-refractivity contribution in [2.45, 2.75) is 18.9 Å². The molecule has 1 aliphatic rings. The zero-order valence-electron chi connectivity index (χ0n) is 6.69. The molecule has 0 aromatic rings. The Balaban J connectivity index is 2.65. The quantitative estimate of drug-likeness (QED) is 0.580. The molecule has 0 bridgehead atoms. The van der Waals surface area contributed by atoms with Gasteiger partial charge in [-0.3, -0.25) is 9.59 Å². The highest BCUT2D eigenvalue weighted by atomic mass is 32.1. The Hall–Kier alpha value is -0.710. The fraction of sp³-hybridized carbons (Fsp3) is 0.714. The van der Waals surface area contributed by atoms with Crippen LogP contribution < -0.4 is 5.73 Å². The third kappa shape index (κ3) is 1.72. The Bertz CT molecular complexity index is 208. The number of hydrogen-bond donors (Lipinski definition) is 2. The van der Waals surface area contributed by atoms with E-state index in [1.165, 1.54) is 4.90 Å². The molecule has 1 fully saturated rings. The van der Waals surface area contributed by atoms with E-state index in [9.17, 15) is 9.59 Å². The standard InChI is InChI=1S/C7H12N2O2S/c8-7(11)5(4-12)9-3-1-2-6(9)10/h5,12H,1-4H2,(H2,8,11)/t5-/m0/s1. The number of amides is 2. The molecule has 0 unspecified atom stereocenters. The first-order valence-corrected chi connectivity index (χ1v) is 4.49. The molecule has 2 amide bonds. The lowest BCUT2D eigenvalue weighted by atomic mass is 10.3. The Kier molecular flexibility index (Phi) is 2.97. The number of nitrogens with two attached hydrogens (primary N) is 1. The van der Waals surface area contributed by atoms with Crippen molar-refractivity contribution in [3.63, 3.8) is 0 Å². The van der Waals surface area contributed by atoms with Gasteiger partial charge in [0.2, 0.25) is 11.8 Å². The van der Waals surface area contributed by atoms with Crippen molar-refractivity contribution in [1.82, 2.24) is 4.90 Å². The van der Waals surface area contributed by atoms with E-state index in [1.54, 1.807) is 0 Å². The molecule has 4 nitrogen and oxygen atoms in total. The van der Waals surface area contributed by atoms with Crippen LogP contribution in [0.2, 0.25) is 0 Å². The van der Waals surface area contributed by atoms with Gasteiger partial charge in [0.1, 0.15) is 6.04 Å². The highest BCUT2D eigenvalue weighted by molar-refractivity contribution is 7.80. The van der Waals surface area contributed by atoms with Crippen LogP contribution in [0.1, 0.15) is 12.8 Å². The summed E-state index contributed by atoms with van der Waals surface area (Å²) in [7, 11) is 0. The molecule has 1 heterocycles. The second kappa shape index (κ2) is 3.80. The predicted octanol–water partition coefficient (Wildman–Crippen LogP) is -0.608. The van der Waals surface area contributed by atoms with Crippen molar-refractivity contribution in [3.8, 4) is 0 Å². The van der Waals surface area contributed by atoms with Gasteiger partial charge in [-0.25, -0.2) is 0 Å². The van der Waals surface area contributed by atoms with Gasteiger partial charge >= 0.3 is 0 Å². The number of hydrogen-bond acceptors (Lipinski definition) is 3. The summed E-state index contributed by atoms with van der Waals surface area (Å²) in [5.74, 6) is -0.158. The van der Waals surface area contributed by atoms with Gasteiger partial charge in [0.05, 0.1) is 0 Å². The smallest absolute Gasteiger partial charge is 0.241 e. The highest BCUT2D eigenvalue weighted by Crippen LogP contribution is 2.13. The topological polar surface area (TPSA) is 63.4 Å². The van der Waals surface area contributed by atoms with Crippen molar-refractivity contribution in [2.75, 3.05) is 12.3 Å². The van der Waals surface area contributed by atoms with Crippen LogP contribution in [0.3, 0.4) is 0 Å². The molecule has 1 atom stereocenters. The van der Waals surface area contributed by atoms with Crippen LogP contribution in [0.5, 0.6) is 0 Å². The van der Waals surface area contributed by atoms with Crippen LogP contribution in [0.15, 0.2) is 0 Å². The second-order valence-corrected chi connectivity index (χ2v) is 3.16. The van der Waals surface area contributed by atoms with E-state index in [2.05, 4.69) is 12.6 Å². The Labute approximate surface area is 76.5 Å². The second-order valence-electron chi connectivity index (χ2n) is 2.79. The van der Waals surface area contributed by atoms with E-state index >= 15 is 0 Å². The number of likely N-dealkylation sites (tertiary alicyclic amines) is 1. The summed E-state index contributed by atoms with van der Waals surface area (Å²) in [5.41, 5.74) is 5.11. The van der Waals surface area contributed by atoms with E-state index in [4.69, 9.17) is 5.73 Å². The van der Waals surface area contributed by atoms with Crippen molar-refractivity contribution in [2.24, 2.45) is 5.73 Å². The third-order valence-corrected chi connectivity index (χ3v) is 2.33. The van der Waals surface area contributed by atoms with E-state index in [0.29, 0.717) is 18.7 Å². The van der Waals surface area contributed by atoms with Crippen LogP contribution >= 0.6 is 12.6 Å². The summed E-state index contributed by atoms with van der Waals surface area (Å²) in [6.45, 7) is 0.632. The van der Waals surface area contributed by atoms with Crippen LogP contribution in [-0.2, 0) is 9.59 Å². The summed E-state index contributed by atoms with van der Waals surface area (Å²) in [5, 5.41) is 0. The molecule has 12 heavy (non-hydrogen) atoms. The van der Waals surface area contributed by atoms with Gasteiger partial charge in [-0.15, -0.1) is 0 Å². The van der Waals surface area contributed by atoms with Gasteiger partial charge in [0, 0.05) is 18.7 Å². The summed E-state index contributed by atoms with van der Waals surface area (Å²) in [4.78, 5) is 23.5. The molecule has 1 rings (SSSR count). The van der Waals surface area contributed by atoms with Gasteiger partial charge in [0.25, 0.3) is 0 Å². The average molecular weight is 188 g/mol. The van der Waals surface area contributed by atoms with Crippen LogP contribution in [0, 0.1) is 0 Å². The Morgan fingerprint density at radius 3 is 2.75 bits per heavy atom. The average Bonchev–Trinajstić information content (AvgIpc) is 2.38. The van der Waals surface area contributed by atoms with Crippen LogP contribution in [0.25, 0.3) is 0 Å². The molecular weight excluding hydrogens is 176 g/mol. The summed E-state index contributed by atoms with van der Waals surface area (Å²) < 4.78 is 0. The maximum Gasteiger partial charge on any atom is 0.241 e. The zero-order chi connectivity index (χ0) is 9.14. The lowest BCUT2D eigenvalue weighted by Gasteiger charge is -2.22. The lowest BCUT2D eigenvalue weighted by molar-refractivity contribution is -0.135. The molecule has 68 valence electrons. The first kappa shape index (κ1) is 9.38. The molecule has 5 heteroatoms. The third-order valence-electron chi connectivity index (χ3n) is 1.99. The molecule has 1 saturated heterocycles. The maximum absolute atomic E-state index is 11.2. The molecule has 1 aliphatic heterocycles. The zero-order valence-corrected chi connectivity index (χ0v) is 7.59. The highest BCUT2D eigenvalue weighted by Gasteiger charge is 2.30. The molecule has 0 aliphatic carbocycles. The van der Waals surface area contributed by atoms with Gasteiger partial charge in [-0.2, -0.15) is 12.6 Å². The predicted molar refractivity (Wildman–Crippen MR) is 47.8 cm³/mol. The fourth-order valence-corrected chi connectivity index (χ4v) is 1.72. The summed E-state index contributed by atoms with van der Waals surface area (Å²) in [6.07, 6.45) is 1.34. The number of thiol groups is 1. The van der Waals surface area contributed by atoms with E-state index in [1.807, 2.05) is 0 Å². The van der Waals surface area contributed by atoms with Gasteiger partial charge in [-0.1, -0.05) is 0 Å². The minimum Gasteiger partial charge on any atom is -0.368 e. The van der Waals surface area contributed by atoms with E-state index in [-0.39, 0.29) is 5.91 Å². The number of nitrogens with zero attached hydrogens (tertiary/aromatic N) is 1. The lowest BCUT2D eigenvalue weighted by Crippen LogP contribution is -2.46. The normalized spacial score (nSPS) is 19.8. The van der Waals surface area contributed by atoms with Gasteiger partial charge < -0.3 is 10.6 Å². The first-order valence-electron chi connectivity index (χ1n) is 3.86. The SMILES string of the molecule is NC(=O)[C@H](CS)N1CCCC1=O. The number of rotatable bonds is 3. The van der Waals surface area contributed by atoms with Crippen molar-refractivity contribution in [3.05, 3.63) is 0 Å². The van der Waals surface area contributed by atoms with Gasteiger partial charge in [0.15, 0.2) is 0 Å². The van der Waals surface area contributed by atoms with E-state index < -0.39 is 11.9 Å². The molecule has 0 saturated carbocycles. The number of primary amides is 1. The van der Waals surface area contributed by atoms with Crippen molar-refractivity contribution >= 4 is 24.4 Å². The minimum absolute atomic E-state index is 0.00727. The number of carbonyl (C=O) groups is 2. The monoisotopic (exact) mass is 188 g/mol. The molecule has 0 radical (unpaired) electrons. The largest absolute Gasteiger partial charge is 0.368 e. The van der Waals surface area contributed by atoms with Crippen molar-refractivity contribution in [1.29, 1.82) is 0 Å². The maximum atomic E-state index is 11.2. The van der Waals surface area contributed by atoms with Gasteiger partial charge in [-0.05, 0) is 6.42 Å². The molecular formula is C7H12N2O2S. The fourth-order valence-electron chi connectivity index (χ4n) is 1.34. The molecule has 2 N–H and O–H groups in total. The molecule has 0 aromatic carbocycles. The summed E-state index contributed by atoms with van der Waals surface area (Å²) >= 11 is 3.98. The van der Waals surface area contributed by atoms with Crippen molar-refractivity contribution < 1.29 is 9.59 Å². The first-order chi connectivity index (χ1) is 5.66. The minimum atomic E-state index is -0.525. The summed E-state index contributed by atoms with van der Waals surface area (Å²) in [6, 6.07) is -0.525. The van der Waals surface area contributed by atoms with Crippen LogP contribution in [0.4, 0.5) is 0 Å². The Morgan fingerprint density at radius 1 is 1.75 bits per heavy atom. The van der Waals surface area contributed by atoms with Crippen LogP contribution in [-0.4, -0.2) is 35.1 Å². The number of carbonyl (C=O) groups excluding carboxylic acids is 2.